The summed E-state index contributed by atoms with van der Waals surface area (Å²) in [6.45, 7) is 0. The van der Waals surface area contributed by atoms with E-state index in [1.54, 1.807) is 0 Å². The van der Waals surface area contributed by atoms with Gasteiger partial charge in [-0.25, -0.2) is 0 Å². The van der Waals surface area contributed by atoms with Crippen LogP contribution < -0.4 is 0 Å². The average Bonchev–Trinajstić information content (AvgIpc) is 1.50. The van der Waals surface area contributed by atoms with E-state index < -0.39 is 0 Å². The zero-order valence-electron chi connectivity index (χ0n) is 78.7. The molecular formula is C142H84S3. The number of thiophene rings is 3. The smallest absolute Gasteiger partial charge is 0.0361 e. The first-order valence-corrected chi connectivity index (χ1v) is 52.5. The maximum atomic E-state index is 2.44. The van der Waals surface area contributed by atoms with Gasteiger partial charge in [0.15, 0.2) is 0 Å². The van der Waals surface area contributed by atoms with Crippen LogP contribution in [0.15, 0.2) is 510 Å². The van der Waals surface area contributed by atoms with Crippen molar-refractivity contribution in [3.05, 3.63) is 510 Å². The number of benzene rings is 29. The summed E-state index contributed by atoms with van der Waals surface area (Å²) in [5, 5.41) is 49.9. The molecule has 3 heteroatoms. The summed E-state index contributed by atoms with van der Waals surface area (Å²) in [7, 11) is 0. The fourth-order valence-electron chi connectivity index (χ4n) is 24.5. The molecule has 0 unspecified atom stereocenters. The number of fused-ring (bicyclic) bond motifs is 43. The maximum Gasteiger partial charge on any atom is 0.0361 e. The maximum absolute atomic E-state index is 2.44. The van der Waals surface area contributed by atoms with Gasteiger partial charge < -0.3 is 0 Å². The Morgan fingerprint density at radius 1 is 0.0828 bits per heavy atom. The lowest BCUT2D eigenvalue weighted by Gasteiger charge is -2.18. The van der Waals surface area contributed by atoms with Gasteiger partial charge in [-0.15, -0.1) is 34.0 Å². The summed E-state index contributed by atoms with van der Waals surface area (Å²) < 4.78 is 8.04. The molecule has 0 bridgehead atoms. The predicted octanol–water partition coefficient (Wildman–Crippen LogP) is 42.3. The van der Waals surface area contributed by atoms with Gasteiger partial charge in [0.05, 0.1) is 0 Å². The van der Waals surface area contributed by atoms with Crippen LogP contribution in [0.3, 0.4) is 0 Å². The molecule has 0 saturated carbocycles. The predicted molar refractivity (Wildman–Crippen MR) is 636 cm³/mol. The van der Waals surface area contributed by atoms with Crippen molar-refractivity contribution in [2.24, 2.45) is 0 Å². The molecule has 0 aliphatic heterocycles. The highest BCUT2D eigenvalue weighted by Gasteiger charge is 2.24. The standard InChI is InChI=1S/C50H30S.C48H28S.C44H26S/c1-2-10-31(11-3-1)34-23-26-43-45(28-34)37-12-4-6-15-41(37)50-44-27-24-35(29-46(44)38-13-5-7-16-42(38)49(43)50)32-18-20-33(21-19-32)36-22-25-40-39-14-8-9-17-47(39)51-48(40)30-36;1-4-15-40-35(11-1)36-12-2-5-16-41(36)48-43-26-24-29(27-44(43)37-13-3-6-17-42(37)47(40)48)31-18-9-21-34-32(19-10-20-33(31)34)30-23-25-39-38-14-7-8-22-45(38)49-46(39)28-30;1-4-13-36-31(9-1)32-10-2-5-14-37(32)44-39-24-22-29(25-40(39)33-11-3-6-15-38(33)43(36)44)27-17-19-28(20-18-27)30-21-23-35-34-12-7-8-16-41(34)45-42(35)26-30/h1-30H;1-28H;1-26H. The Morgan fingerprint density at radius 2 is 0.248 bits per heavy atom. The zero-order valence-corrected chi connectivity index (χ0v) is 81.2. The summed E-state index contributed by atoms with van der Waals surface area (Å²) in [6, 6.07) is 189. The quantitative estimate of drug-likeness (QED) is 0.140. The molecule has 32 rings (SSSR count). The molecule has 0 atom stereocenters. The minimum Gasteiger partial charge on any atom is -0.135 e. The van der Waals surface area contributed by atoms with Gasteiger partial charge >= 0.3 is 0 Å². The summed E-state index contributed by atoms with van der Waals surface area (Å²) in [5.41, 5.74) is 17.5. The summed E-state index contributed by atoms with van der Waals surface area (Å²) in [4.78, 5) is 0. The Hall–Kier alpha value is -17.8. The Morgan fingerprint density at radius 3 is 0.524 bits per heavy atom. The molecule has 0 aliphatic rings. The van der Waals surface area contributed by atoms with Crippen molar-refractivity contribution in [2.75, 3.05) is 0 Å². The van der Waals surface area contributed by atoms with Crippen molar-refractivity contribution < 1.29 is 0 Å². The van der Waals surface area contributed by atoms with E-state index in [0.717, 1.165) is 0 Å². The molecule has 0 nitrogen and oxygen atoms in total. The van der Waals surface area contributed by atoms with Crippen molar-refractivity contribution in [2.45, 2.75) is 0 Å². The van der Waals surface area contributed by atoms with Gasteiger partial charge in [0, 0.05) is 60.5 Å². The van der Waals surface area contributed by atoms with Gasteiger partial charge in [-0.1, -0.05) is 449 Å². The van der Waals surface area contributed by atoms with E-state index in [0.29, 0.717) is 0 Å². The molecule has 0 fully saturated rings. The van der Waals surface area contributed by atoms with Crippen LogP contribution in [0, 0.1) is 0 Å². The van der Waals surface area contributed by atoms with Crippen molar-refractivity contribution in [1.82, 2.24) is 0 Å². The zero-order chi connectivity index (χ0) is 95.0. The molecule has 0 saturated heterocycles. The topological polar surface area (TPSA) is 0 Å². The third-order valence-corrected chi connectivity index (χ3v) is 34.5. The van der Waals surface area contributed by atoms with Crippen molar-refractivity contribution in [3.8, 4) is 77.9 Å². The van der Waals surface area contributed by atoms with Crippen molar-refractivity contribution in [3.63, 3.8) is 0 Å². The van der Waals surface area contributed by atoms with E-state index >= 15 is 0 Å². The van der Waals surface area contributed by atoms with Gasteiger partial charge in [0.25, 0.3) is 0 Å². The summed E-state index contributed by atoms with van der Waals surface area (Å²) in [6.07, 6.45) is 0. The second-order valence-corrected chi connectivity index (χ2v) is 42.1. The Balaban J connectivity index is 0.000000101. The van der Waals surface area contributed by atoms with Crippen LogP contribution in [-0.2, 0) is 0 Å². The largest absolute Gasteiger partial charge is 0.135 e. The molecular weight excluding hydrogens is 1800 g/mol. The molecule has 0 radical (unpaired) electrons. The molecule has 29 aromatic carbocycles. The molecule has 670 valence electrons. The molecule has 0 amide bonds. The second kappa shape index (κ2) is 33.4. The van der Waals surface area contributed by atoms with Crippen LogP contribution in [0.2, 0.25) is 0 Å². The lowest BCUT2D eigenvalue weighted by molar-refractivity contribution is 1.62. The number of hydrogen-bond acceptors (Lipinski definition) is 3. The van der Waals surface area contributed by atoms with Crippen molar-refractivity contribution >= 4 is 267 Å². The highest BCUT2D eigenvalue weighted by atomic mass is 32.1. The van der Waals surface area contributed by atoms with Crippen LogP contribution in [0.5, 0.6) is 0 Å². The summed E-state index contributed by atoms with van der Waals surface area (Å²) >= 11 is 5.63. The fourth-order valence-corrected chi connectivity index (χ4v) is 27.9. The first kappa shape index (κ1) is 83.0. The lowest BCUT2D eigenvalue weighted by atomic mass is 9.85. The number of rotatable bonds is 7. The molecule has 3 heterocycles. The van der Waals surface area contributed by atoms with Crippen LogP contribution in [0.1, 0.15) is 0 Å². The van der Waals surface area contributed by atoms with Gasteiger partial charge in [-0.3, -0.25) is 0 Å². The van der Waals surface area contributed by atoms with E-state index in [1.807, 2.05) is 34.0 Å². The monoisotopic (exact) mass is 1880 g/mol. The van der Waals surface area contributed by atoms with E-state index in [2.05, 4.69) is 510 Å². The van der Waals surface area contributed by atoms with Gasteiger partial charge in [0.1, 0.15) is 0 Å². The highest BCUT2D eigenvalue weighted by Crippen LogP contribution is 2.52. The van der Waals surface area contributed by atoms with E-state index in [9.17, 15) is 0 Å². The molecule has 3 aromatic heterocycles. The Labute approximate surface area is 847 Å². The van der Waals surface area contributed by atoms with Crippen LogP contribution in [0.4, 0.5) is 0 Å². The molecule has 32 aromatic rings. The van der Waals surface area contributed by atoms with Crippen LogP contribution in [0.25, 0.3) is 311 Å². The van der Waals surface area contributed by atoms with Crippen molar-refractivity contribution in [1.29, 1.82) is 0 Å². The average molecular weight is 1890 g/mol. The number of hydrogen-bond donors (Lipinski definition) is 0. The highest BCUT2D eigenvalue weighted by molar-refractivity contribution is 7.26. The third-order valence-electron chi connectivity index (χ3n) is 31.1. The lowest BCUT2D eigenvalue weighted by Crippen LogP contribution is -1.90. The minimum absolute atomic E-state index is 1.23. The van der Waals surface area contributed by atoms with Gasteiger partial charge in [-0.2, -0.15) is 0 Å². The van der Waals surface area contributed by atoms with Crippen LogP contribution in [-0.4, -0.2) is 0 Å². The Kier molecular flexibility index (Phi) is 19.2. The first-order chi connectivity index (χ1) is 71.9. The van der Waals surface area contributed by atoms with E-state index in [4.69, 9.17) is 0 Å². The summed E-state index contributed by atoms with van der Waals surface area (Å²) in [5.74, 6) is 0. The van der Waals surface area contributed by atoms with E-state index in [-0.39, 0.29) is 0 Å². The van der Waals surface area contributed by atoms with Gasteiger partial charge in [0.2, 0.25) is 0 Å². The minimum atomic E-state index is 1.23. The van der Waals surface area contributed by atoms with Gasteiger partial charge in [-0.05, 0) is 311 Å². The SMILES string of the molecule is c1ccc(-c2ccc3c(c2)c2ccccc2c2c4ccc(-c5ccc(-c6ccc7c(c6)sc6ccccc67)cc5)cc4c4ccccc4c32)cc1.c1ccc2c(c1)sc1cc(-c3ccc(-c4ccc5c(c4)c4ccccc4c4c6ccccc6c6ccccc6c54)cc3)ccc12.c1ccc2c(c1)sc1cc(-c3cccc4c(-c5ccc6c(c5)c5ccccc5c5c7ccccc7c7ccccc7c65)cccc34)ccc12. The normalized spacial score (nSPS) is 12.0. The molecule has 0 spiro atoms. The Bertz CT molecular complexity index is 11100. The third kappa shape index (κ3) is 13.3. The van der Waals surface area contributed by atoms with E-state index in [1.165, 1.54) is 311 Å². The molecule has 0 N–H and O–H groups in total. The molecule has 0 aliphatic carbocycles. The fraction of sp³-hybridized carbons (Fsp3) is 0. The first-order valence-electron chi connectivity index (χ1n) is 50.0. The van der Waals surface area contributed by atoms with Crippen LogP contribution >= 0.6 is 34.0 Å². The molecule has 145 heavy (non-hydrogen) atoms. The second-order valence-electron chi connectivity index (χ2n) is 38.8.